The molecule has 0 saturated carbocycles. The van der Waals surface area contributed by atoms with Crippen LogP contribution in [0.4, 0.5) is 0 Å². The van der Waals surface area contributed by atoms with Crippen molar-refractivity contribution in [1.82, 2.24) is 9.29 Å². The van der Waals surface area contributed by atoms with Gasteiger partial charge in [-0.25, -0.2) is 12.7 Å². The highest BCUT2D eigenvalue weighted by Crippen LogP contribution is 2.44. The van der Waals surface area contributed by atoms with E-state index in [0.29, 0.717) is 12.1 Å². The van der Waals surface area contributed by atoms with Gasteiger partial charge in [0, 0.05) is 41.0 Å². The van der Waals surface area contributed by atoms with Crippen LogP contribution in [0.3, 0.4) is 0 Å². The maximum atomic E-state index is 11.9. The molecule has 0 spiro atoms. The topological polar surface area (TPSA) is 99.7 Å². The Morgan fingerprint density at radius 1 is 1.06 bits per heavy atom. The van der Waals surface area contributed by atoms with Gasteiger partial charge >= 0.3 is 0 Å². The first-order valence-electron chi connectivity index (χ1n) is 11.4. The smallest absolute Gasteiger partial charge is 0.250 e. The molecule has 0 aliphatic rings. The summed E-state index contributed by atoms with van der Waals surface area (Å²) in [5.74, 6) is 0.551. The van der Waals surface area contributed by atoms with Crippen LogP contribution in [-0.2, 0) is 22.0 Å². The molecule has 0 amide bonds. The number of hydrogen-bond acceptors (Lipinski definition) is 6. The van der Waals surface area contributed by atoms with Crippen LogP contribution >= 0.6 is 11.3 Å². The number of hydrogen-bond donors (Lipinski definition) is 2. The highest BCUT2D eigenvalue weighted by molar-refractivity contribution is 7.88. The number of H-pyrrole nitrogens is 1. The number of benzene rings is 2. The van der Waals surface area contributed by atoms with Crippen molar-refractivity contribution in [1.29, 1.82) is 0 Å². The third-order valence-corrected chi connectivity index (χ3v) is 8.49. The number of aromatic hydroxyl groups is 1. The zero-order chi connectivity index (χ0) is 26.4. The minimum Gasteiger partial charge on any atom is -0.496 e. The van der Waals surface area contributed by atoms with Crippen LogP contribution in [0.25, 0.3) is 32.3 Å². The van der Waals surface area contributed by atoms with E-state index in [4.69, 9.17) is 4.74 Å². The van der Waals surface area contributed by atoms with E-state index < -0.39 is 10.0 Å². The van der Waals surface area contributed by atoms with Crippen molar-refractivity contribution < 1.29 is 18.3 Å². The second-order valence-corrected chi connectivity index (χ2v) is 12.9. The van der Waals surface area contributed by atoms with Gasteiger partial charge in [0.2, 0.25) is 10.0 Å². The zero-order valence-electron chi connectivity index (χ0n) is 21.2. The highest BCUT2D eigenvalue weighted by Gasteiger charge is 2.25. The van der Waals surface area contributed by atoms with E-state index in [1.807, 2.05) is 29.6 Å². The lowest BCUT2D eigenvalue weighted by Crippen LogP contribution is -2.24. The minimum atomic E-state index is -3.29. The standard InChI is InChI=1S/C27H30N2O5S2/c1-27(2,3)22-12-17(20-9-10-24(30)28-26(20)31)11-21(25(22)34-5)16-7-8-19-18(15-35-23(19)13-16)14-29(4)36(6,32)33/h7-13,15H,14H2,1-6H3,(H2,28,30,31). The Morgan fingerprint density at radius 3 is 2.39 bits per heavy atom. The molecule has 2 aromatic heterocycles. The van der Waals surface area contributed by atoms with Crippen LogP contribution in [0.5, 0.6) is 11.6 Å². The van der Waals surface area contributed by atoms with Crippen LogP contribution in [0.2, 0.25) is 0 Å². The van der Waals surface area contributed by atoms with E-state index in [9.17, 15) is 18.3 Å². The van der Waals surface area contributed by atoms with Gasteiger partial charge in [0.15, 0.2) is 5.88 Å². The number of fused-ring (bicyclic) bond motifs is 1. The monoisotopic (exact) mass is 526 g/mol. The Kier molecular flexibility index (Phi) is 6.76. The normalized spacial score (nSPS) is 12.4. The average Bonchev–Trinajstić information content (AvgIpc) is 3.19. The number of sulfonamides is 1. The van der Waals surface area contributed by atoms with Crippen molar-refractivity contribution in [2.24, 2.45) is 0 Å². The number of nitrogens with one attached hydrogen (secondary N) is 1. The van der Waals surface area contributed by atoms with Gasteiger partial charge in [-0.15, -0.1) is 11.3 Å². The van der Waals surface area contributed by atoms with Gasteiger partial charge in [0.05, 0.1) is 13.4 Å². The van der Waals surface area contributed by atoms with Crippen LogP contribution in [-0.4, -0.2) is 43.2 Å². The molecule has 0 aliphatic carbocycles. The molecule has 36 heavy (non-hydrogen) atoms. The average molecular weight is 527 g/mol. The molecule has 4 aromatic rings. The van der Waals surface area contributed by atoms with E-state index in [-0.39, 0.29) is 16.9 Å². The molecule has 0 saturated heterocycles. The molecule has 2 N–H and O–H groups in total. The molecule has 4 rings (SSSR count). The van der Waals surface area contributed by atoms with Gasteiger partial charge in [-0.05, 0) is 57.1 Å². The Labute approximate surface area is 215 Å². The molecule has 0 radical (unpaired) electrons. The Morgan fingerprint density at radius 2 is 1.78 bits per heavy atom. The maximum absolute atomic E-state index is 11.9. The predicted molar refractivity (Wildman–Crippen MR) is 147 cm³/mol. The number of methoxy groups -OCH3 is 1. The fourth-order valence-electron chi connectivity index (χ4n) is 4.20. The summed E-state index contributed by atoms with van der Waals surface area (Å²) in [7, 11) is -0.0649. The summed E-state index contributed by atoms with van der Waals surface area (Å²) in [6.45, 7) is 6.59. The Balaban J connectivity index is 1.90. The summed E-state index contributed by atoms with van der Waals surface area (Å²) >= 11 is 1.56. The summed E-state index contributed by atoms with van der Waals surface area (Å²) in [6, 6.07) is 13.0. The molecular formula is C27H30N2O5S2. The number of pyridine rings is 1. The van der Waals surface area contributed by atoms with Gasteiger partial charge in [0.1, 0.15) is 5.75 Å². The third-order valence-electron chi connectivity index (χ3n) is 6.24. The lowest BCUT2D eigenvalue weighted by atomic mass is 9.82. The first kappa shape index (κ1) is 25.9. The lowest BCUT2D eigenvalue weighted by molar-refractivity contribution is 0.399. The first-order chi connectivity index (χ1) is 16.8. The number of ether oxygens (including phenoxy) is 1. The van der Waals surface area contributed by atoms with Gasteiger partial charge < -0.3 is 9.84 Å². The molecule has 0 fully saturated rings. The summed E-state index contributed by atoms with van der Waals surface area (Å²) in [5, 5.41) is 13.5. The van der Waals surface area contributed by atoms with Crippen LogP contribution in [0.15, 0.2) is 52.6 Å². The van der Waals surface area contributed by atoms with E-state index in [1.165, 1.54) is 16.6 Å². The van der Waals surface area contributed by atoms with Crippen molar-refractivity contribution in [3.8, 4) is 33.9 Å². The molecule has 9 heteroatoms. The summed E-state index contributed by atoms with van der Waals surface area (Å²) in [5.41, 5.74) is 4.34. The van der Waals surface area contributed by atoms with Crippen molar-refractivity contribution in [2.75, 3.05) is 20.4 Å². The molecule has 2 heterocycles. The van der Waals surface area contributed by atoms with Gasteiger partial charge in [-0.2, -0.15) is 0 Å². The predicted octanol–water partition coefficient (Wildman–Crippen LogP) is 5.33. The van der Waals surface area contributed by atoms with E-state index in [0.717, 1.165) is 43.7 Å². The fraction of sp³-hybridized carbons (Fsp3) is 0.296. The number of rotatable bonds is 6. The molecule has 0 bridgehead atoms. The third kappa shape index (κ3) is 5.04. The van der Waals surface area contributed by atoms with Gasteiger partial charge in [0.25, 0.3) is 5.56 Å². The van der Waals surface area contributed by atoms with Crippen LogP contribution in [0.1, 0.15) is 31.9 Å². The van der Waals surface area contributed by atoms with Crippen molar-refractivity contribution >= 4 is 31.4 Å². The number of thiophene rings is 1. The molecular weight excluding hydrogens is 496 g/mol. The zero-order valence-corrected chi connectivity index (χ0v) is 22.8. The largest absolute Gasteiger partial charge is 0.496 e. The Hall–Kier alpha value is -3.14. The Bertz CT molecular complexity index is 1610. The molecule has 7 nitrogen and oxygen atoms in total. The van der Waals surface area contributed by atoms with Crippen molar-refractivity contribution in [3.63, 3.8) is 0 Å². The first-order valence-corrected chi connectivity index (χ1v) is 14.1. The van der Waals surface area contributed by atoms with Crippen LogP contribution in [0, 0.1) is 0 Å². The van der Waals surface area contributed by atoms with Crippen molar-refractivity contribution in [2.45, 2.75) is 32.7 Å². The number of aromatic nitrogens is 1. The fourth-order valence-corrected chi connectivity index (χ4v) is 5.57. The van der Waals surface area contributed by atoms with E-state index in [1.54, 1.807) is 31.6 Å². The summed E-state index contributed by atoms with van der Waals surface area (Å²) in [4.78, 5) is 14.1. The lowest BCUT2D eigenvalue weighted by Gasteiger charge is -2.25. The van der Waals surface area contributed by atoms with E-state index >= 15 is 0 Å². The SMILES string of the molecule is COc1c(-c2ccc3c(CN(C)S(C)(=O)=O)csc3c2)cc(-c2ccc(=O)[nH]c2O)cc1C(C)(C)C. The minimum absolute atomic E-state index is 0.188. The van der Waals surface area contributed by atoms with E-state index in [2.05, 4.69) is 31.8 Å². The summed E-state index contributed by atoms with van der Waals surface area (Å²) < 4.78 is 32.0. The summed E-state index contributed by atoms with van der Waals surface area (Å²) in [6.07, 6.45) is 1.20. The van der Waals surface area contributed by atoms with Crippen molar-refractivity contribution in [3.05, 3.63) is 69.3 Å². The maximum Gasteiger partial charge on any atom is 0.250 e. The quantitative estimate of drug-likeness (QED) is 0.354. The number of aromatic amines is 1. The van der Waals surface area contributed by atoms with Crippen LogP contribution < -0.4 is 10.3 Å². The molecule has 2 aromatic carbocycles. The molecule has 0 unspecified atom stereocenters. The second-order valence-electron chi connectivity index (χ2n) is 9.93. The number of nitrogens with zero attached hydrogens (tertiary/aromatic N) is 1. The molecule has 0 atom stereocenters. The highest BCUT2D eigenvalue weighted by atomic mass is 32.2. The van der Waals surface area contributed by atoms with Gasteiger partial charge in [-0.3, -0.25) is 9.78 Å². The van der Waals surface area contributed by atoms with Gasteiger partial charge in [-0.1, -0.05) is 32.9 Å². The second kappa shape index (κ2) is 9.38. The molecule has 0 aliphatic heterocycles. The molecule has 190 valence electrons.